The summed E-state index contributed by atoms with van der Waals surface area (Å²) < 4.78 is 13.9. The molecule has 2 N–H and O–H groups in total. The highest BCUT2D eigenvalue weighted by molar-refractivity contribution is 5.69. The summed E-state index contributed by atoms with van der Waals surface area (Å²) in [4.78, 5) is 18.2. The lowest BCUT2D eigenvalue weighted by molar-refractivity contribution is 0.630. The van der Waals surface area contributed by atoms with Gasteiger partial charge in [0.15, 0.2) is 0 Å². The first kappa shape index (κ1) is 11.9. The second kappa shape index (κ2) is 4.84. The van der Waals surface area contributed by atoms with Crippen LogP contribution in [0, 0.1) is 5.82 Å². The molecule has 0 radical (unpaired) electrons. The Hall–Kier alpha value is -2.17. The van der Waals surface area contributed by atoms with Crippen molar-refractivity contribution in [1.29, 1.82) is 0 Å². The molecule has 2 aromatic rings. The van der Waals surface area contributed by atoms with Crippen molar-refractivity contribution in [3.8, 4) is 11.3 Å². The van der Waals surface area contributed by atoms with E-state index in [1.54, 1.807) is 18.2 Å². The molecule has 0 amide bonds. The molecule has 2 heterocycles. The third-order valence-corrected chi connectivity index (χ3v) is 3.32. The van der Waals surface area contributed by atoms with Crippen LogP contribution in [-0.2, 0) is 6.42 Å². The highest BCUT2D eigenvalue weighted by atomic mass is 19.1. The van der Waals surface area contributed by atoms with Gasteiger partial charge in [-0.3, -0.25) is 0 Å². The smallest absolute Gasteiger partial charge is 0.347 e. The van der Waals surface area contributed by atoms with Crippen LogP contribution in [-0.4, -0.2) is 16.5 Å². The first-order chi connectivity index (χ1) is 9.25. The minimum atomic E-state index is -0.452. The number of nitrogens with one attached hydrogen (secondary N) is 2. The molecule has 0 bridgehead atoms. The number of fused-ring (bicyclic) bond motifs is 1. The summed E-state index contributed by atoms with van der Waals surface area (Å²) in [5, 5.41) is 3.14. The van der Waals surface area contributed by atoms with Crippen molar-refractivity contribution in [3.05, 3.63) is 46.1 Å². The van der Waals surface area contributed by atoms with Gasteiger partial charge in [0.25, 0.3) is 0 Å². The lowest BCUT2D eigenvalue weighted by Crippen LogP contribution is -2.17. The fourth-order valence-corrected chi connectivity index (χ4v) is 2.41. The van der Waals surface area contributed by atoms with Crippen molar-refractivity contribution in [1.82, 2.24) is 9.97 Å². The Morgan fingerprint density at radius 2 is 2.05 bits per heavy atom. The van der Waals surface area contributed by atoms with Crippen LogP contribution in [0.15, 0.2) is 29.1 Å². The summed E-state index contributed by atoms with van der Waals surface area (Å²) in [7, 11) is 0. The second-order valence-corrected chi connectivity index (χ2v) is 4.61. The fraction of sp³-hybridized carbons (Fsp3) is 0.286. The first-order valence-corrected chi connectivity index (χ1v) is 6.37. The van der Waals surface area contributed by atoms with Gasteiger partial charge in [-0.2, -0.15) is 4.98 Å². The van der Waals surface area contributed by atoms with Crippen LogP contribution in [0.2, 0.25) is 0 Å². The molecule has 0 aliphatic carbocycles. The Morgan fingerprint density at radius 3 is 2.89 bits per heavy atom. The summed E-state index contributed by atoms with van der Waals surface area (Å²) in [6, 6.07) is 6.46. The molecule has 1 aromatic carbocycles. The Labute approximate surface area is 109 Å². The Morgan fingerprint density at radius 1 is 1.21 bits per heavy atom. The number of aromatic nitrogens is 2. The number of rotatable bonds is 1. The summed E-state index contributed by atoms with van der Waals surface area (Å²) >= 11 is 0. The van der Waals surface area contributed by atoms with Crippen LogP contribution in [0.25, 0.3) is 11.3 Å². The number of nitrogens with zero attached hydrogens (tertiary/aromatic N) is 1. The van der Waals surface area contributed by atoms with Crippen LogP contribution in [0.4, 0.5) is 10.2 Å². The van der Waals surface area contributed by atoms with Crippen molar-refractivity contribution < 1.29 is 4.39 Å². The maximum absolute atomic E-state index is 13.9. The van der Waals surface area contributed by atoms with E-state index in [-0.39, 0.29) is 5.82 Å². The number of benzene rings is 1. The molecule has 0 saturated heterocycles. The average molecular weight is 259 g/mol. The van der Waals surface area contributed by atoms with Gasteiger partial charge >= 0.3 is 5.69 Å². The molecular weight excluding hydrogens is 245 g/mol. The van der Waals surface area contributed by atoms with Gasteiger partial charge in [0.2, 0.25) is 0 Å². The number of anilines is 1. The molecule has 0 atom stereocenters. The van der Waals surface area contributed by atoms with Gasteiger partial charge in [-0.15, -0.1) is 0 Å². The van der Waals surface area contributed by atoms with Crippen LogP contribution in [0.3, 0.4) is 0 Å². The standard InChI is InChI=1S/C14H14FN3O/c15-11-7-2-1-5-9(11)12-10-6-3-4-8-16-13(10)18-14(19)17-12/h1-2,5,7H,3-4,6,8H2,(H2,16,17,18,19). The minimum absolute atomic E-state index is 0.337. The third-order valence-electron chi connectivity index (χ3n) is 3.32. The first-order valence-electron chi connectivity index (χ1n) is 6.37. The molecule has 1 aliphatic rings. The second-order valence-electron chi connectivity index (χ2n) is 4.61. The normalized spacial score (nSPS) is 14.4. The molecule has 0 saturated carbocycles. The molecule has 1 aromatic heterocycles. The van der Waals surface area contributed by atoms with Crippen LogP contribution >= 0.6 is 0 Å². The van der Waals surface area contributed by atoms with Gasteiger partial charge in [0.05, 0.1) is 5.69 Å². The van der Waals surface area contributed by atoms with E-state index in [2.05, 4.69) is 15.3 Å². The highest BCUT2D eigenvalue weighted by Crippen LogP contribution is 2.29. The Balaban J connectivity index is 2.24. The van der Waals surface area contributed by atoms with E-state index in [9.17, 15) is 9.18 Å². The van der Waals surface area contributed by atoms with E-state index in [0.29, 0.717) is 17.1 Å². The van der Waals surface area contributed by atoms with Gasteiger partial charge in [0.1, 0.15) is 11.6 Å². The number of hydrogen-bond donors (Lipinski definition) is 2. The van der Waals surface area contributed by atoms with Crippen LogP contribution in [0.5, 0.6) is 0 Å². The summed E-state index contributed by atoms with van der Waals surface area (Å²) in [5.74, 6) is 0.246. The molecule has 3 rings (SSSR count). The SMILES string of the molecule is O=c1nc2c(c(-c3ccccc3F)[nH]1)CCCCN2. The molecule has 98 valence electrons. The molecular formula is C14H14FN3O. The van der Waals surface area contributed by atoms with E-state index in [1.165, 1.54) is 6.07 Å². The van der Waals surface area contributed by atoms with Gasteiger partial charge in [0, 0.05) is 17.7 Å². The van der Waals surface area contributed by atoms with Crippen molar-refractivity contribution in [3.63, 3.8) is 0 Å². The summed E-state index contributed by atoms with van der Waals surface area (Å²) in [5.41, 5.74) is 1.40. The zero-order valence-electron chi connectivity index (χ0n) is 10.4. The molecule has 5 heteroatoms. The molecule has 4 nitrogen and oxygen atoms in total. The topological polar surface area (TPSA) is 57.8 Å². The maximum Gasteiger partial charge on any atom is 0.347 e. The molecule has 0 unspecified atom stereocenters. The Kier molecular flexibility index (Phi) is 3.03. The minimum Gasteiger partial charge on any atom is -0.370 e. The zero-order valence-corrected chi connectivity index (χ0v) is 10.4. The van der Waals surface area contributed by atoms with E-state index >= 15 is 0 Å². The number of H-pyrrole nitrogens is 1. The summed E-state index contributed by atoms with van der Waals surface area (Å²) in [6.07, 6.45) is 2.80. The van der Waals surface area contributed by atoms with Gasteiger partial charge < -0.3 is 10.3 Å². The Bertz CT molecular complexity index is 666. The number of hydrogen-bond acceptors (Lipinski definition) is 3. The fourth-order valence-electron chi connectivity index (χ4n) is 2.41. The molecule has 19 heavy (non-hydrogen) atoms. The average Bonchev–Trinajstić information content (AvgIpc) is 2.63. The van der Waals surface area contributed by atoms with E-state index < -0.39 is 5.69 Å². The maximum atomic E-state index is 13.9. The third kappa shape index (κ3) is 2.23. The van der Waals surface area contributed by atoms with E-state index in [0.717, 1.165) is 31.4 Å². The molecule has 0 fully saturated rings. The van der Waals surface area contributed by atoms with Gasteiger partial charge in [-0.1, -0.05) is 12.1 Å². The number of aromatic amines is 1. The van der Waals surface area contributed by atoms with Gasteiger partial charge in [-0.25, -0.2) is 9.18 Å². The van der Waals surface area contributed by atoms with Crippen LogP contribution < -0.4 is 11.0 Å². The number of halogens is 1. The lowest BCUT2D eigenvalue weighted by atomic mass is 10.0. The van der Waals surface area contributed by atoms with Crippen LogP contribution in [0.1, 0.15) is 18.4 Å². The van der Waals surface area contributed by atoms with E-state index in [1.807, 2.05) is 0 Å². The highest BCUT2D eigenvalue weighted by Gasteiger charge is 2.17. The van der Waals surface area contributed by atoms with Crippen molar-refractivity contribution in [2.24, 2.45) is 0 Å². The monoisotopic (exact) mass is 259 g/mol. The zero-order chi connectivity index (χ0) is 13.2. The van der Waals surface area contributed by atoms with Crippen molar-refractivity contribution in [2.45, 2.75) is 19.3 Å². The van der Waals surface area contributed by atoms with Crippen molar-refractivity contribution in [2.75, 3.05) is 11.9 Å². The predicted octanol–water partition coefficient (Wildman–Crippen LogP) is 2.32. The summed E-state index contributed by atoms with van der Waals surface area (Å²) in [6.45, 7) is 0.792. The van der Waals surface area contributed by atoms with Gasteiger partial charge in [-0.05, 0) is 31.4 Å². The van der Waals surface area contributed by atoms with Crippen molar-refractivity contribution >= 4 is 5.82 Å². The quantitative estimate of drug-likeness (QED) is 0.826. The van der Waals surface area contributed by atoms with E-state index in [4.69, 9.17) is 0 Å². The molecule has 1 aliphatic heterocycles. The lowest BCUT2D eigenvalue weighted by Gasteiger charge is -2.12. The molecule has 0 spiro atoms. The predicted molar refractivity (Wildman–Crippen MR) is 71.7 cm³/mol. The largest absolute Gasteiger partial charge is 0.370 e.